The molecule has 0 radical (unpaired) electrons. The maximum absolute atomic E-state index is 11.6. The van der Waals surface area contributed by atoms with Crippen molar-refractivity contribution in [1.29, 1.82) is 0 Å². The van der Waals surface area contributed by atoms with Crippen molar-refractivity contribution in [3.63, 3.8) is 0 Å². The number of amides is 1. The molecule has 0 fully saturated rings. The van der Waals surface area contributed by atoms with Crippen LogP contribution in [0.25, 0.3) is 0 Å². The number of benzene rings is 1. The number of nitrogens with two attached hydrogens (primary N) is 1. The second-order valence-corrected chi connectivity index (χ2v) is 6.05. The molecule has 1 aliphatic carbocycles. The van der Waals surface area contributed by atoms with Gasteiger partial charge in [-0.2, -0.15) is 0 Å². The number of carbonyl (C=O) groups excluding carboxylic acids is 1. The maximum Gasteiger partial charge on any atom is 0.254 e. The third-order valence-electron chi connectivity index (χ3n) is 3.58. The van der Waals surface area contributed by atoms with Crippen molar-refractivity contribution in [3.8, 4) is 11.6 Å². The molecule has 0 aliphatic heterocycles. The number of hydrogen-bond acceptors (Lipinski definition) is 3. The van der Waals surface area contributed by atoms with E-state index in [1.165, 1.54) is 0 Å². The molecule has 0 saturated carbocycles. The molecule has 0 spiro atoms. The topological polar surface area (TPSA) is 65.2 Å². The Kier molecular flexibility index (Phi) is 3.68. The lowest BCUT2D eigenvalue weighted by Crippen LogP contribution is -2.14. The Balaban J connectivity index is 2.03. The molecule has 0 unspecified atom stereocenters. The number of aryl methyl sites for hydroxylation is 3. The molecule has 2 N–H and O–H groups in total. The van der Waals surface area contributed by atoms with Crippen molar-refractivity contribution in [2.24, 2.45) is 5.73 Å². The number of pyridine rings is 1. The lowest BCUT2D eigenvalue weighted by atomic mass is 10.1. The average Bonchev–Trinajstić information content (AvgIpc) is 2.88. The standard InChI is InChI=1S/C16H15BrN2O2/c1-9-5-6-14(12(17)7-9)21-16-11(15(18)20)8-10-3-2-4-13(10)19-16/h5-8H,2-4H2,1H3,(H2,18,20). The van der Waals surface area contributed by atoms with Crippen molar-refractivity contribution >= 4 is 21.8 Å². The molecular weight excluding hydrogens is 332 g/mol. The number of nitrogens with zero attached hydrogens (tertiary/aromatic N) is 1. The highest BCUT2D eigenvalue weighted by molar-refractivity contribution is 9.10. The van der Waals surface area contributed by atoms with Gasteiger partial charge in [-0.15, -0.1) is 0 Å². The highest BCUT2D eigenvalue weighted by atomic mass is 79.9. The molecule has 1 amide bonds. The number of rotatable bonds is 3. The van der Waals surface area contributed by atoms with Crippen molar-refractivity contribution in [3.05, 3.63) is 51.1 Å². The Hall–Kier alpha value is -1.88. The van der Waals surface area contributed by atoms with Crippen LogP contribution in [0.1, 0.15) is 33.6 Å². The number of halogens is 1. The highest BCUT2D eigenvalue weighted by Gasteiger charge is 2.20. The van der Waals surface area contributed by atoms with Crippen LogP contribution in [0.2, 0.25) is 0 Å². The van der Waals surface area contributed by atoms with Crippen molar-refractivity contribution in [2.45, 2.75) is 26.2 Å². The molecule has 1 heterocycles. The van der Waals surface area contributed by atoms with Crippen LogP contribution >= 0.6 is 15.9 Å². The summed E-state index contributed by atoms with van der Waals surface area (Å²) in [5.74, 6) is 0.386. The second-order valence-electron chi connectivity index (χ2n) is 5.20. The van der Waals surface area contributed by atoms with Crippen molar-refractivity contribution < 1.29 is 9.53 Å². The summed E-state index contributed by atoms with van der Waals surface area (Å²) in [6.45, 7) is 2.00. The largest absolute Gasteiger partial charge is 0.437 e. The van der Waals surface area contributed by atoms with E-state index in [2.05, 4.69) is 20.9 Å². The van der Waals surface area contributed by atoms with Gasteiger partial charge < -0.3 is 10.5 Å². The van der Waals surface area contributed by atoms with Crippen LogP contribution in [0, 0.1) is 6.92 Å². The fraction of sp³-hybridized carbons (Fsp3) is 0.250. The van der Waals surface area contributed by atoms with E-state index in [1.807, 2.05) is 31.2 Å². The van der Waals surface area contributed by atoms with Gasteiger partial charge in [-0.1, -0.05) is 6.07 Å². The molecule has 2 aromatic rings. The molecule has 0 atom stereocenters. The third kappa shape index (κ3) is 2.78. The minimum Gasteiger partial charge on any atom is -0.437 e. The van der Waals surface area contributed by atoms with Crippen LogP contribution in [0.5, 0.6) is 11.6 Å². The molecule has 5 heteroatoms. The third-order valence-corrected chi connectivity index (χ3v) is 4.20. The smallest absolute Gasteiger partial charge is 0.254 e. The molecule has 1 aromatic carbocycles. The number of fused-ring (bicyclic) bond motifs is 1. The molecule has 0 saturated heterocycles. The quantitative estimate of drug-likeness (QED) is 0.924. The fourth-order valence-corrected chi connectivity index (χ4v) is 3.07. The first kappa shape index (κ1) is 14.1. The molecule has 3 rings (SSSR count). The summed E-state index contributed by atoms with van der Waals surface area (Å²) in [6, 6.07) is 7.55. The minimum absolute atomic E-state index is 0.285. The molecule has 21 heavy (non-hydrogen) atoms. The van der Waals surface area contributed by atoms with E-state index < -0.39 is 5.91 Å². The van der Waals surface area contributed by atoms with Crippen LogP contribution in [0.4, 0.5) is 0 Å². The number of ether oxygens (including phenoxy) is 1. The zero-order valence-corrected chi connectivity index (χ0v) is 13.2. The zero-order valence-electron chi connectivity index (χ0n) is 11.6. The van der Waals surface area contributed by atoms with Crippen LogP contribution in [-0.4, -0.2) is 10.9 Å². The van der Waals surface area contributed by atoms with Gasteiger partial charge in [-0.25, -0.2) is 4.98 Å². The van der Waals surface area contributed by atoms with E-state index in [0.29, 0.717) is 11.3 Å². The number of carbonyl (C=O) groups is 1. The Bertz CT molecular complexity index is 728. The number of hydrogen-bond donors (Lipinski definition) is 1. The summed E-state index contributed by atoms with van der Waals surface area (Å²) in [7, 11) is 0. The van der Waals surface area contributed by atoms with E-state index in [0.717, 1.165) is 40.6 Å². The van der Waals surface area contributed by atoms with E-state index >= 15 is 0 Å². The van der Waals surface area contributed by atoms with Crippen molar-refractivity contribution in [1.82, 2.24) is 4.98 Å². The van der Waals surface area contributed by atoms with Gasteiger partial charge in [-0.05, 0) is 71.4 Å². The summed E-state index contributed by atoms with van der Waals surface area (Å²) in [6.07, 6.45) is 2.91. The molecule has 0 bridgehead atoms. The molecular formula is C16H15BrN2O2. The molecule has 1 aromatic heterocycles. The Labute approximate surface area is 131 Å². The Morgan fingerprint density at radius 3 is 2.86 bits per heavy atom. The average molecular weight is 347 g/mol. The van der Waals surface area contributed by atoms with E-state index in [4.69, 9.17) is 10.5 Å². The summed E-state index contributed by atoms with van der Waals surface area (Å²) in [5, 5.41) is 0. The van der Waals surface area contributed by atoms with Gasteiger partial charge in [0.2, 0.25) is 5.88 Å². The summed E-state index contributed by atoms with van der Waals surface area (Å²) < 4.78 is 6.64. The number of aromatic nitrogens is 1. The summed E-state index contributed by atoms with van der Waals surface area (Å²) in [5.41, 5.74) is 9.00. The first-order chi connectivity index (χ1) is 10.0. The lowest BCUT2D eigenvalue weighted by molar-refractivity contribution is 0.0997. The van der Waals surface area contributed by atoms with E-state index in [1.54, 1.807) is 0 Å². The summed E-state index contributed by atoms with van der Waals surface area (Å²) in [4.78, 5) is 16.1. The van der Waals surface area contributed by atoms with E-state index in [-0.39, 0.29) is 5.88 Å². The van der Waals surface area contributed by atoms with Gasteiger partial charge in [0.25, 0.3) is 5.91 Å². The Morgan fingerprint density at radius 1 is 1.33 bits per heavy atom. The second kappa shape index (κ2) is 5.48. The van der Waals surface area contributed by atoms with Crippen LogP contribution in [0.3, 0.4) is 0 Å². The van der Waals surface area contributed by atoms with Crippen molar-refractivity contribution in [2.75, 3.05) is 0 Å². The van der Waals surface area contributed by atoms with Gasteiger partial charge >= 0.3 is 0 Å². The molecule has 1 aliphatic rings. The fourth-order valence-electron chi connectivity index (χ4n) is 2.50. The summed E-state index contributed by atoms with van der Waals surface area (Å²) >= 11 is 3.46. The first-order valence-corrected chi connectivity index (χ1v) is 7.60. The zero-order chi connectivity index (χ0) is 15.0. The van der Waals surface area contributed by atoms with Crippen LogP contribution in [-0.2, 0) is 12.8 Å². The van der Waals surface area contributed by atoms with Crippen LogP contribution < -0.4 is 10.5 Å². The SMILES string of the molecule is Cc1ccc(Oc2nc3c(cc2C(N)=O)CCC3)c(Br)c1. The predicted molar refractivity (Wildman–Crippen MR) is 83.7 cm³/mol. The van der Waals surface area contributed by atoms with Gasteiger partial charge in [0.05, 0.1) is 4.47 Å². The predicted octanol–water partition coefficient (Wildman–Crippen LogP) is 3.53. The maximum atomic E-state index is 11.6. The minimum atomic E-state index is -0.518. The molecule has 4 nitrogen and oxygen atoms in total. The highest BCUT2D eigenvalue weighted by Crippen LogP contribution is 2.33. The first-order valence-electron chi connectivity index (χ1n) is 6.81. The van der Waals surface area contributed by atoms with Gasteiger partial charge in [-0.3, -0.25) is 4.79 Å². The van der Waals surface area contributed by atoms with Gasteiger partial charge in [0.1, 0.15) is 11.3 Å². The van der Waals surface area contributed by atoms with Gasteiger partial charge in [0.15, 0.2) is 0 Å². The normalized spacial score (nSPS) is 13.0. The molecule has 108 valence electrons. The number of primary amides is 1. The van der Waals surface area contributed by atoms with Crippen LogP contribution in [0.15, 0.2) is 28.7 Å². The monoisotopic (exact) mass is 346 g/mol. The van der Waals surface area contributed by atoms with Gasteiger partial charge in [0, 0.05) is 5.69 Å². The van der Waals surface area contributed by atoms with E-state index in [9.17, 15) is 4.79 Å². The Morgan fingerprint density at radius 2 is 2.14 bits per heavy atom. The lowest BCUT2D eigenvalue weighted by Gasteiger charge is -2.12.